The molecule has 3 aliphatic rings. The summed E-state index contributed by atoms with van der Waals surface area (Å²) in [5, 5.41) is 45.3. The standard InChI is InChI=1S/C53H74N8O13/c1-6-7-9-14-43(65)55-37(23-25-42(54)64)47(67)59-46-31(4)74-53(73)45(30(2)3)58-49(69)40(28-34-17-21-36(63)22-18-34)60(5)52(72)41(29-32-12-10-8-11-13-32)61-44(66)26-24-38(51(61)71)56-48(68)39(57-50(46)70)27-33-15-19-35(62)20-16-33/h8,10-13,15,17-19,21-22,30-31,33,35,37-41,44-46,62-63,66H,6-7,9,14,16,20,23-29H2,1-5H3,(H2,54,64)(H,55,65)(H,56,68)(H,57,70)(H,58,69)(H,59,67)/t31-,33?,35?,37-,38-,39-,40-,41-,44+,45?,46-/m0/s1. The van der Waals surface area contributed by atoms with E-state index in [1.54, 1.807) is 68.5 Å². The molecule has 2 aromatic carbocycles. The van der Waals surface area contributed by atoms with Crippen LogP contribution in [0, 0.1) is 11.8 Å². The molecule has 0 radical (unpaired) electrons. The number of ether oxygens (including phenoxy) is 1. The van der Waals surface area contributed by atoms with Crippen molar-refractivity contribution in [1.29, 1.82) is 0 Å². The molecule has 3 unspecified atom stereocenters. The van der Waals surface area contributed by atoms with E-state index < -0.39 is 120 Å². The monoisotopic (exact) mass is 1030 g/mol. The highest BCUT2D eigenvalue weighted by Gasteiger charge is 2.46. The number of phenols is 1. The second-order valence-electron chi connectivity index (χ2n) is 19.9. The number of fused-ring (bicyclic) bond motifs is 2. The van der Waals surface area contributed by atoms with E-state index in [1.807, 2.05) is 6.92 Å². The van der Waals surface area contributed by atoms with E-state index in [0.29, 0.717) is 30.4 Å². The van der Waals surface area contributed by atoms with Crippen molar-refractivity contribution in [3.63, 3.8) is 0 Å². The lowest BCUT2D eigenvalue weighted by Crippen LogP contribution is -2.65. The van der Waals surface area contributed by atoms with Crippen molar-refractivity contribution in [3.05, 3.63) is 77.9 Å². The molecule has 2 heterocycles. The number of allylic oxidation sites excluding steroid dienone is 1. The second-order valence-corrected chi connectivity index (χ2v) is 19.9. The summed E-state index contributed by atoms with van der Waals surface area (Å²) in [7, 11) is 1.36. The van der Waals surface area contributed by atoms with Crippen LogP contribution in [-0.2, 0) is 60.7 Å². The summed E-state index contributed by atoms with van der Waals surface area (Å²) in [4.78, 5) is 130. The summed E-state index contributed by atoms with van der Waals surface area (Å²) >= 11 is 0. The first-order chi connectivity index (χ1) is 35.2. The first-order valence-corrected chi connectivity index (χ1v) is 25.6. The Hall–Kier alpha value is -6.87. The number of hydrogen-bond donors (Lipinski definition) is 9. The molecule has 2 aliphatic heterocycles. The number of likely N-dealkylation sites (N-methyl/N-ethyl adjacent to an activating group) is 1. The minimum absolute atomic E-state index is 0.0597. The summed E-state index contributed by atoms with van der Waals surface area (Å²) in [5.74, 6) is -8.67. The average molecular weight is 1030 g/mol. The van der Waals surface area contributed by atoms with Gasteiger partial charge in [0.15, 0.2) is 0 Å². The second kappa shape index (κ2) is 27.4. The Morgan fingerprint density at radius 3 is 2.11 bits per heavy atom. The lowest BCUT2D eigenvalue weighted by molar-refractivity contribution is -0.165. The molecule has 10 N–H and O–H groups in total. The van der Waals surface area contributed by atoms with Gasteiger partial charge < -0.3 is 62.2 Å². The molecule has 0 spiro atoms. The highest BCUT2D eigenvalue weighted by atomic mass is 16.5. The Balaban J connectivity index is 1.63. The number of aromatic hydroxyl groups is 1. The lowest BCUT2D eigenvalue weighted by Gasteiger charge is -2.43. The van der Waals surface area contributed by atoms with Gasteiger partial charge in [0.05, 0.1) is 6.10 Å². The highest BCUT2D eigenvalue weighted by Crippen LogP contribution is 2.27. The number of cyclic esters (lactones) is 1. The molecule has 404 valence electrons. The van der Waals surface area contributed by atoms with Crippen LogP contribution in [0.4, 0.5) is 0 Å². The molecular weight excluding hydrogens is 957 g/mol. The SMILES string of the molecule is CCCCCC(=O)N[C@@H](CCC(N)=O)C(=O)N[C@@H]1C(=O)N[C@@H](CC2C=CC(O)CC2)C(=O)N[C@H]2CC[C@@H](O)N(C2=O)[C@@H](Cc2ccccc2)C(=O)N(C)[C@@H](Cc2ccc(O)cc2)C(=O)NC(C(C)C)C(=O)O[C@H]1C. The number of nitrogens with one attached hydrogen (secondary N) is 5. The fourth-order valence-corrected chi connectivity index (χ4v) is 9.40. The third-order valence-electron chi connectivity index (χ3n) is 13.8. The number of amides is 8. The maximum absolute atomic E-state index is 15.1. The van der Waals surface area contributed by atoms with E-state index in [2.05, 4.69) is 26.6 Å². The number of nitrogens with two attached hydrogens (primary N) is 1. The van der Waals surface area contributed by atoms with Crippen molar-refractivity contribution in [2.45, 2.75) is 172 Å². The quantitative estimate of drug-likeness (QED) is 0.0605. The zero-order valence-corrected chi connectivity index (χ0v) is 42.9. The summed E-state index contributed by atoms with van der Waals surface area (Å²) in [5.41, 5.74) is 6.54. The summed E-state index contributed by atoms with van der Waals surface area (Å²) in [6, 6.07) is 4.36. The van der Waals surface area contributed by atoms with Gasteiger partial charge in [0.1, 0.15) is 60.4 Å². The van der Waals surface area contributed by atoms with E-state index in [9.17, 15) is 53.7 Å². The Morgan fingerprint density at radius 2 is 1.47 bits per heavy atom. The fourth-order valence-electron chi connectivity index (χ4n) is 9.40. The van der Waals surface area contributed by atoms with Crippen LogP contribution in [0.2, 0.25) is 0 Å². The van der Waals surface area contributed by atoms with Crippen molar-refractivity contribution in [2.75, 3.05) is 7.05 Å². The average Bonchev–Trinajstić information content (AvgIpc) is 3.36. The van der Waals surface area contributed by atoms with Crippen LogP contribution in [0.15, 0.2) is 66.7 Å². The first kappa shape index (κ1) is 58.0. The molecule has 0 saturated carbocycles. The number of primary amides is 1. The number of unbranched alkanes of at least 4 members (excludes halogenated alkanes) is 2. The van der Waals surface area contributed by atoms with Crippen molar-refractivity contribution < 1.29 is 63.2 Å². The Labute approximate surface area is 431 Å². The van der Waals surface area contributed by atoms with E-state index in [4.69, 9.17) is 10.5 Å². The predicted octanol–water partition coefficient (Wildman–Crippen LogP) is 0.902. The molecule has 5 rings (SSSR count). The van der Waals surface area contributed by atoms with Gasteiger partial charge >= 0.3 is 5.97 Å². The van der Waals surface area contributed by atoms with Crippen LogP contribution >= 0.6 is 0 Å². The molecule has 2 aromatic rings. The number of aliphatic hydroxyl groups is 2. The van der Waals surface area contributed by atoms with Crippen molar-refractivity contribution in [2.24, 2.45) is 17.6 Å². The lowest BCUT2D eigenvalue weighted by atomic mass is 9.88. The van der Waals surface area contributed by atoms with E-state index in [1.165, 1.54) is 26.1 Å². The molecule has 21 nitrogen and oxygen atoms in total. The van der Waals surface area contributed by atoms with Crippen LogP contribution in [0.5, 0.6) is 5.75 Å². The van der Waals surface area contributed by atoms with Crippen LogP contribution in [0.1, 0.15) is 109 Å². The number of rotatable bonds is 17. The topological polar surface area (TPSA) is 316 Å². The van der Waals surface area contributed by atoms with E-state index >= 15 is 4.79 Å². The molecule has 11 atom stereocenters. The van der Waals surface area contributed by atoms with Gasteiger partial charge in [0.25, 0.3) is 0 Å². The Kier molecular flexibility index (Phi) is 21.5. The first-order valence-electron chi connectivity index (χ1n) is 25.6. The predicted molar refractivity (Wildman–Crippen MR) is 269 cm³/mol. The zero-order valence-electron chi connectivity index (χ0n) is 42.9. The van der Waals surface area contributed by atoms with Crippen LogP contribution < -0.4 is 32.3 Å². The minimum Gasteiger partial charge on any atom is -0.508 e. The number of esters is 1. The number of carbonyl (C=O) groups excluding carboxylic acids is 9. The molecule has 2 saturated heterocycles. The van der Waals surface area contributed by atoms with Gasteiger partial charge in [0, 0.05) is 32.7 Å². The number of phenolic OH excluding ortho intramolecular Hbond substituents is 1. The van der Waals surface area contributed by atoms with Crippen LogP contribution in [-0.4, -0.2) is 146 Å². The van der Waals surface area contributed by atoms with Crippen molar-refractivity contribution in [1.82, 2.24) is 36.4 Å². The molecule has 1 aliphatic carbocycles. The van der Waals surface area contributed by atoms with Crippen molar-refractivity contribution in [3.8, 4) is 5.75 Å². The van der Waals surface area contributed by atoms with Gasteiger partial charge in [-0.3, -0.25) is 38.4 Å². The van der Waals surface area contributed by atoms with Crippen LogP contribution in [0.3, 0.4) is 0 Å². The molecule has 21 heteroatoms. The molecule has 2 bridgehead atoms. The highest BCUT2D eigenvalue weighted by molar-refractivity contribution is 5.98. The van der Waals surface area contributed by atoms with Gasteiger partial charge in [-0.25, -0.2) is 4.79 Å². The van der Waals surface area contributed by atoms with Gasteiger partial charge in [-0.15, -0.1) is 0 Å². The molecule has 74 heavy (non-hydrogen) atoms. The normalized spacial score (nSPS) is 26.9. The molecule has 0 aromatic heterocycles. The van der Waals surface area contributed by atoms with Crippen LogP contribution in [0.25, 0.3) is 0 Å². The van der Waals surface area contributed by atoms with Gasteiger partial charge in [-0.1, -0.05) is 88.2 Å². The van der Waals surface area contributed by atoms with Gasteiger partial charge in [-0.05, 0) is 87.0 Å². The number of aliphatic hydroxyl groups excluding tert-OH is 2. The number of benzene rings is 2. The van der Waals surface area contributed by atoms with Gasteiger partial charge in [-0.2, -0.15) is 0 Å². The van der Waals surface area contributed by atoms with Crippen molar-refractivity contribution >= 4 is 53.2 Å². The Bertz CT molecular complexity index is 2330. The number of nitrogens with zero attached hydrogens (tertiary/aromatic N) is 2. The largest absolute Gasteiger partial charge is 0.508 e. The summed E-state index contributed by atoms with van der Waals surface area (Å²) in [6.45, 7) is 6.49. The minimum atomic E-state index is -1.80. The maximum Gasteiger partial charge on any atom is 0.329 e. The summed E-state index contributed by atoms with van der Waals surface area (Å²) in [6.07, 6.45) is 1.22. The Morgan fingerprint density at radius 1 is 0.797 bits per heavy atom. The van der Waals surface area contributed by atoms with E-state index in [-0.39, 0.29) is 63.0 Å². The van der Waals surface area contributed by atoms with E-state index in [0.717, 1.165) is 22.6 Å². The smallest absolute Gasteiger partial charge is 0.329 e. The van der Waals surface area contributed by atoms with Gasteiger partial charge in [0.2, 0.25) is 47.3 Å². The molecule has 8 amide bonds. The third kappa shape index (κ3) is 16.3. The summed E-state index contributed by atoms with van der Waals surface area (Å²) < 4.78 is 5.93. The fraction of sp³-hybridized carbons (Fsp3) is 0.566. The number of carbonyl (C=O) groups is 9. The zero-order chi connectivity index (χ0) is 54.2. The molecular formula is C53H74N8O13. The number of hydrogen-bond acceptors (Lipinski definition) is 13. The molecule has 2 fully saturated rings. The maximum atomic E-state index is 15.1. The third-order valence-corrected chi connectivity index (χ3v) is 13.8. The number of piperidine rings is 1.